The van der Waals surface area contributed by atoms with E-state index in [1.54, 1.807) is 7.11 Å². The number of hydrogen-bond donors (Lipinski definition) is 0. The van der Waals surface area contributed by atoms with Gasteiger partial charge in [0.15, 0.2) is 0 Å². The van der Waals surface area contributed by atoms with E-state index < -0.39 is 0 Å². The Balaban J connectivity index is 2.17. The molecule has 0 aliphatic heterocycles. The molecule has 4 heteroatoms. The maximum atomic E-state index is 12.8. The average molecular weight is 326 g/mol. The number of rotatable bonds is 6. The average Bonchev–Trinajstić information content (AvgIpc) is 2.59. The molecular weight excluding hydrogens is 300 g/mol. The molecule has 2 aromatic rings. The maximum absolute atomic E-state index is 12.8. The van der Waals surface area contributed by atoms with Crippen molar-refractivity contribution in [3.05, 3.63) is 59.2 Å². The number of anilines is 1. The summed E-state index contributed by atoms with van der Waals surface area (Å²) in [6.45, 7) is 5.22. The van der Waals surface area contributed by atoms with Crippen LogP contribution in [0, 0.1) is 6.92 Å². The third kappa shape index (κ3) is 4.07. The van der Waals surface area contributed by atoms with E-state index in [0.717, 1.165) is 22.6 Å². The molecule has 128 valence electrons. The molecule has 24 heavy (non-hydrogen) atoms. The molecule has 0 aliphatic carbocycles. The molecule has 2 aromatic carbocycles. The van der Waals surface area contributed by atoms with E-state index in [4.69, 9.17) is 4.74 Å². The van der Waals surface area contributed by atoms with E-state index in [-0.39, 0.29) is 5.91 Å². The molecular formula is C20H26N2O2. The second-order valence-electron chi connectivity index (χ2n) is 6.06. The standard InChI is InChI=1S/C20H26N2O2/c1-6-22(14-16-8-11-18(12-9-16)21(3)4)20(23)17-10-7-15(2)19(13-17)24-5/h7-13H,6,14H2,1-5H3. The van der Waals surface area contributed by atoms with Crippen LogP contribution in [0.15, 0.2) is 42.5 Å². The van der Waals surface area contributed by atoms with Gasteiger partial charge in [0, 0.05) is 38.4 Å². The lowest BCUT2D eigenvalue weighted by Gasteiger charge is -2.22. The highest BCUT2D eigenvalue weighted by molar-refractivity contribution is 5.94. The van der Waals surface area contributed by atoms with Crippen LogP contribution in [0.3, 0.4) is 0 Å². The van der Waals surface area contributed by atoms with Crippen LogP contribution in [0.1, 0.15) is 28.4 Å². The van der Waals surface area contributed by atoms with Gasteiger partial charge in [-0.25, -0.2) is 0 Å². The fraction of sp³-hybridized carbons (Fsp3) is 0.350. The maximum Gasteiger partial charge on any atom is 0.254 e. The molecule has 0 radical (unpaired) electrons. The van der Waals surface area contributed by atoms with Gasteiger partial charge in [-0.3, -0.25) is 4.79 Å². The Morgan fingerprint density at radius 3 is 2.29 bits per heavy atom. The fourth-order valence-electron chi connectivity index (χ4n) is 2.58. The molecule has 0 N–H and O–H groups in total. The Morgan fingerprint density at radius 1 is 1.08 bits per heavy atom. The first-order chi connectivity index (χ1) is 11.5. The van der Waals surface area contributed by atoms with Crippen molar-refractivity contribution < 1.29 is 9.53 Å². The molecule has 0 saturated heterocycles. The van der Waals surface area contributed by atoms with Gasteiger partial charge in [-0.2, -0.15) is 0 Å². The molecule has 0 fully saturated rings. The highest BCUT2D eigenvalue weighted by atomic mass is 16.5. The van der Waals surface area contributed by atoms with Crippen LogP contribution in [-0.2, 0) is 6.54 Å². The van der Waals surface area contributed by atoms with Crippen molar-refractivity contribution in [1.29, 1.82) is 0 Å². The van der Waals surface area contributed by atoms with Crippen LogP contribution in [0.25, 0.3) is 0 Å². The van der Waals surface area contributed by atoms with Crippen molar-refractivity contribution in [2.75, 3.05) is 32.6 Å². The number of methoxy groups -OCH3 is 1. The van der Waals surface area contributed by atoms with Crippen molar-refractivity contribution in [2.45, 2.75) is 20.4 Å². The first kappa shape index (κ1) is 17.9. The lowest BCUT2D eigenvalue weighted by atomic mass is 10.1. The van der Waals surface area contributed by atoms with Crippen molar-refractivity contribution in [2.24, 2.45) is 0 Å². The largest absolute Gasteiger partial charge is 0.496 e. The summed E-state index contributed by atoms with van der Waals surface area (Å²) in [7, 11) is 5.66. The van der Waals surface area contributed by atoms with Gasteiger partial charge in [-0.15, -0.1) is 0 Å². The SMILES string of the molecule is CCN(Cc1ccc(N(C)C)cc1)C(=O)c1ccc(C)c(OC)c1. The van der Waals surface area contributed by atoms with E-state index in [1.165, 1.54) is 0 Å². The molecule has 0 unspecified atom stereocenters. The minimum absolute atomic E-state index is 0.0208. The Morgan fingerprint density at radius 2 is 1.75 bits per heavy atom. The van der Waals surface area contributed by atoms with Crippen LogP contribution in [0.2, 0.25) is 0 Å². The summed E-state index contributed by atoms with van der Waals surface area (Å²) in [6.07, 6.45) is 0. The zero-order valence-electron chi connectivity index (χ0n) is 15.2. The molecule has 0 aliphatic rings. The minimum atomic E-state index is 0.0208. The predicted molar refractivity (Wildman–Crippen MR) is 98.9 cm³/mol. The normalized spacial score (nSPS) is 10.4. The Hall–Kier alpha value is -2.49. The van der Waals surface area contributed by atoms with Gasteiger partial charge in [0.2, 0.25) is 0 Å². The summed E-state index contributed by atoms with van der Waals surface area (Å²) in [5.41, 5.74) is 3.95. The monoisotopic (exact) mass is 326 g/mol. The summed E-state index contributed by atoms with van der Waals surface area (Å²) in [6, 6.07) is 13.9. The zero-order valence-corrected chi connectivity index (χ0v) is 15.2. The topological polar surface area (TPSA) is 32.8 Å². The molecule has 2 rings (SSSR count). The highest BCUT2D eigenvalue weighted by Crippen LogP contribution is 2.21. The summed E-state index contributed by atoms with van der Waals surface area (Å²) >= 11 is 0. The predicted octanol–water partition coefficient (Wildman–Crippen LogP) is 3.73. The smallest absolute Gasteiger partial charge is 0.254 e. The van der Waals surface area contributed by atoms with E-state index in [0.29, 0.717) is 18.7 Å². The number of aryl methyl sites for hydroxylation is 1. The van der Waals surface area contributed by atoms with Crippen molar-refractivity contribution >= 4 is 11.6 Å². The Labute approximate surface area is 144 Å². The third-order valence-corrected chi connectivity index (χ3v) is 4.15. The molecule has 4 nitrogen and oxygen atoms in total. The highest BCUT2D eigenvalue weighted by Gasteiger charge is 2.16. The van der Waals surface area contributed by atoms with E-state index >= 15 is 0 Å². The van der Waals surface area contributed by atoms with E-state index in [1.807, 2.05) is 51.0 Å². The van der Waals surface area contributed by atoms with Gasteiger partial charge in [0.1, 0.15) is 5.75 Å². The van der Waals surface area contributed by atoms with Gasteiger partial charge in [0.05, 0.1) is 7.11 Å². The van der Waals surface area contributed by atoms with Gasteiger partial charge in [-0.1, -0.05) is 18.2 Å². The van der Waals surface area contributed by atoms with Gasteiger partial charge >= 0.3 is 0 Å². The summed E-state index contributed by atoms with van der Waals surface area (Å²) in [5.74, 6) is 0.764. The lowest BCUT2D eigenvalue weighted by Crippen LogP contribution is -2.30. The first-order valence-corrected chi connectivity index (χ1v) is 8.16. The summed E-state index contributed by atoms with van der Waals surface area (Å²) < 4.78 is 5.33. The van der Waals surface area contributed by atoms with E-state index in [9.17, 15) is 4.79 Å². The summed E-state index contributed by atoms with van der Waals surface area (Å²) in [4.78, 5) is 16.7. The van der Waals surface area contributed by atoms with Crippen LogP contribution in [-0.4, -0.2) is 38.6 Å². The second-order valence-corrected chi connectivity index (χ2v) is 6.06. The molecule has 0 aromatic heterocycles. The molecule has 0 bridgehead atoms. The number of nitrogens with zero attached hydrogens (tertiary/aromatic N) is 2. The number of ether oxygens (including phenoxy) is 1. The number of benzene rings is 2. The number of amides is 1. The quantitative estimate of drug-likeness (QED) is 0.811. The van der Waals surface area contributed by atoms with Crippen LogP contribution in [0.5, 0.6) is 5.75 Å². The minimum Gasteiger partial charge on any atom is -0.496 e. The number of hydrogen-bond acceptors (Lipinski definition) is 3. The van der Waals surface area contributed by atoms with Crippen LogP contribution >= 0.6 is 0 Å². The van der Waals surface area contributed by atoms with Crippen molar-refractivity contribution in [3.63, 3.8) is 0 Å². The molecule has 0 spiro atoms. The third-order valence-electron chi connectivity index (χ3n) is 4.15. The molecule has 0 heterocycles. The summed E-state index contributed by atoms with van der Waals surface area (Å²) in [5, 5.41) is 0. The van der Waals surface area contributed by atoms with Gasteiger partial charge in [0.25, 0.3) is 5.91 Å². The fourth-order valence-corrected chi connectivity index (χ4v) is 2.58. The molecule has 0 atom stereocenters. The van der Waals surface area contributed by atoms with Crippen molar-refractivity contribution in [3.8, 4) is 5.75 Å². The molecule has 1 amide bonds. The first-order valence-electron chi connectivity index (χ1n) is 8.16. The van der Waals surface area contributed by atoms with E-state index in [2.05, 4.69) is 29.2 Å². The van der Waals surface area contributed by atoms with Gasteiger partial charge < -0.3 is 14.5 Å². The van der Waals surface area contributed by atoms with Crippen LogP contribution < -0.4 is 9.64 Å². The van der Waals surface area contributed by atoms with Crippen LogP contribution in [0.4, 0.5) is 5.69 Å². The number of carbonyl (C=O) groups excluding carboxylic acids is 1. The Bertz CT molecular complexity index is 693. The van der Waals surface area contributed by atoms with Crippen molar-refractivity contribution in [1.82, 2.24) is 4.90 Å². The Kier molecular flexibility index (Phi) is 5.85. The zero-order chi connectivity index (χ0) is 17.7. The van der Waals surface area contributed by atoms with Gasteiger partial charge in [-0.05, 0) is 49.2 Å². The lowest BCUT2D eigenvalue weighted by molar-refractivity contribution is 0.0752. The second kappa shape index (κ2) is 7.86. The molecule has 0 saturated carbocycles. The number of carbonyl (C=O) groups is 1.